The molecule has 0 saturated carbocycles. The monoisotopic (exact) mass is 438 g/mol. The minimum atomic E-state index is -0.234. The first-order valence-corrected chi connectivity index (χ1v) is 11.5. The predicted octanol–water partition coefficient (Wildman–Crippen LogP) is 8.75. The van der Waals surface area contributed by atoms with Crippen molar-refractivity contribution in [2.45, 2.75) is 39.7 Å². The SMILES string of the molecule is C=C(Nc1ccccc1)c1c(-c2ccccc2)c(-c2ccc(F)cc2)n(C(C)C)c1C(C)C. The third kappa shape index (κ3) is 4.49. The van der Waals surface area contributed by atoms with Crippen molar-refractivity contribution in [3.05, 3.63) is 109 Å². The summed E-state index contributed by atoms with van der Waals surface area (Å²) in [4.78, 5) is 0. The van der Waals surface area contributed by atoms with E-state index in [1.165, 1.54) is 17.8 Å². The van der Waals surface area contributed by atoms with Crippen LogP contribution < -0.4 is 5.32 Å². The standard InChI is InChI=1S/C30H31FN2/c1-20(2)29-27(22(5)32-26-14-10-7-11-15-26)28(23-12-8-6-9-13-23)30(33(29)21(3)4)24-16-18-25(31)19-17-24/h6-21,32H,5H2,1-4H3. The van der Waals surface area contributed by atoms with E-state index in [9.17, 15) is 4.39 Å². The summed E-state index contributed by atoms with van der Waals surface area (Å²) in [6.45, 7) is 13.3. The van der Waals surface area contributed by atoms with Gasteiger partial charge in [0, 0.05) is 34.2 Å². The number of anilines is 1. The molecule has 0 radical (unpaired) electrons. The van der Waals surface area contributed by atoms with Gasteiger partial charge in [0.15, 0.2) is 0 Å². The van der Waals surface area contributed by atoms with Gasteiger partial charge in [0.05, 0.1) is 5.69 Å². The lowest BCUT2D eigenvalue weighted by atomic mass is 9.93. The van der Waals surface area contributed by atoms with Crippen LogP contribution in [0.3, 0.4) is 0 Å². The highest BCUT2D eigenvalue weighted by atomic mass is 19.1. The smallest absolute Gasteiger partial charge is 0.123 e. The number of nitrogens with one attached hydrogen (secondary N) is 1. The largest absolute Gasteiger partial charge is 0.355 e. The fourth-order valence-corrected chi connectivity index (χ4v) is 4.55. The number of nitrogens with zero attached hydrogens (tertiary/aromatic N) is 1. The van der Waals surface area contributed by atoms with Gasteiger partial charge in [0.2, 0.25) is 0 Å². The zero-order chi connectivity index (χ0) is 23.5. The highest BCUT2D eigenvalue weighted by Gasteiger charge is 2.29. The molecule has 4 aromatic rings. The van der Waals surface area contributed by atoms with E-state index in [-0.39, 0.29) is 17.8 Å². The van der Waals surface area contributed by atoms with Gasteiger partial charge >= 0.3 is 0 Å². The van der Waals surface area contributed by atoms with Gasteiger partial charge < -0.3 is 9.88 Å². The van der Waals surface area contributed by atoms with Crippen molar-refractivity contribution in [3.63, 3.8) is 0 Å². The molecule has 3 heteroatoms. The lowest BCUT2D eigenvalue weighted by Gasteiger charge is -2.21. The number of para-hydroxylation sites is 1. The van der Waals surface area contributed by atoms with Crippen LogP contribution in [0.25, 0.3) is 28.1 Å². The van der Waals surface area contributed by atoms with Crippen LogP contribution in [0.4, 0.5) is 10.1 Å². The molecule has 4 rings (SSSR count). The van der Waals surface area contributed by atoms with Crippen LogP contribution in [-0.2, 0) is 0 Å². The van der Waals surface area contributed by atoms with E-state index >= 15 is 0 Å². The third-order valence-corrected chi connectivity index (χ3v) is 5.86. The van der Waals surface area contributed by atoms with Gasteiger partial charge in [-0.15, -0.1) is 0 Å². The summed E-state index contributed by atoms with van der Waals surface area (Å²) in [5.41, 5.74) is 8.49. The van der Waals surface area contributed by atoms with Crippen molar-refractivity contribution in [1.29, 1.82) is 0 Å². The minimum Gasteiger partial charge on any atom is -0.355 e. The highest BCUT2D eigenvalue weighted by molar-refractivity contribution is 5.95. The average Bonchev–Trinajstić information content (AvgIpc) is 3.18. The molecule has 0 aliphatic rings. The lowest BCUT2D eigenvalue weighted by molar-refractivity contribution is 0.565. The van der Waals surface area contributed by atoms with E-state index in [1.807, 2.05) is 48.5 Å². The Morgan fingerprint density at radius 2 is 1.36 bits per heavy atom. The molecule has 1 N–H and O–H groups in total. The molecule has 0 spiro atoms. The minimum absolute atomic E-state index is 0.211. The van der Waals surface area contributed by atoms with Crippen LogP contribution in [-0.4, -0.2) is 4.57 Å². The van der Waals surface area contributed by atoms with Crippen molar-refractivity contribution >= 4 is 11.4 Å². The van der Waals surface area contributed by atoms with Crippen LogP contribution in [0.15, 0.2) is 91.5 Å². The second-order valence-electron chi connectivity index (χ2n) is 8.94. The van der Waals surface area contributed by atoms with Gasteiger partial charge in [0.25, 0.3) is 0 Å². The fraction of sp³-hybridized carbons (Fsp3) is 0.200. The number of rotatable bonds is 7. The lowest BCUT2D eigenvalue weighted by Crippen LogP contribution is -2.10. The molecule has 0 amide bonds. The number of hydrogen-bond acceptors (Lipinski definition) is 1. The van der Waals surface area contributed by atoms with Gasteiger partial charge in [-0.3, -0.25) is 0 Å². The molecule has 0 fully saturated rings. The Balaban J connectivity index is 2.06. The van der Waals surface area contributed by atoms with Crippen molar-refractivity contribution in [3.8, 4) is 22.4 Å². The van der Waals surface area contributed by atoms with Crippen molar-refractivity contribution in [2.75, 3.05) is 5.32 Å². The normalized spacial score (nSPS) is 11.2. The van der Waals surface area contributed by atoms with Gasteiger partial charge in [-0.05, 0) is 67.3 Å². The molecule has 0 bridgehead atoms. The van der Waals surface area contributed by atoms with E-state index in [1.54, 1.807) is 0 Å². The Bertz CT molecular complexity index is 1230. The topological polar surface area (TPSA) is 17.0 Å². The second-order valence-corrected chi connectivity index (χ2v) is 8.94. The summed E-state index contributed by atoms with van der Waals surface area (Å²) in [7, 11) is 0. The van der Waals surface area contributed by atoms with Crippen LogP contribution in [0.1, 0.15) is 50.9 Å². The van der Waals surface area contributed by atoms with Crippen LogP contribution >= 0.6 is 0 Å². The Labute approximate surface area is 196 Å². The summed E-state index contributed by atoms with van der Waals surface area (Å²) < 4.78 is 16.2. The van der Waals surface area contributed by atoms with Crippen LogP contribution in [0.2, 0.25) is 0 Å². The number of benzene rings is 3. The van der Waals surface area contributed by atoms with Gasteiger partial charge in [-0.1, -0.05) is 69.0 Å². The van der Waals surface area contributed by atoms with Crippen LogP contribution in [0, 0.1) is 5.82 Å². The van der Waals surface area contributed by atoms with E-state index < -0.39 is 0 Å². The zero-order valence-electron chi connectivity index (χ0n) is 19.8. The van der Waals surface area contributed by atoms with Gasteiger partial charge in [0.1, 0.15) is 5.82 Å². The van der Waals surface area contributed by atoms with Crippen LogP contribution in [0.5, 0.6) is 0 Å². The predicted molar refractivity (Wildman–Crippen MR) is 139 cm³/mol. The molecular weight excluding hydrogens is 407 g/mol. The maximum Gasteiger partial charge on any atom is 0.123 e. The van der Waals surface area contributed by atoms with E-state index in [2.05, 4.69) is 68.4 Å². The molecule has 33 heavy (non-hydrogen) atoms. The maximum absolute atomic E-state index is 13.8. The van der Waals surface area contributed by atoms with Crippen molar-refractivity contribution < 1.29 is 4.39 Å². The molecule has 2 nitrogen and oxygen atoms in total. The average molecular weight is 439 g/mol. The number of halogens is 1. The molecule has 168 valence electrons. The highest BCUT2D eigenvalue weighted by Crippen LogP contribution is 2.46. The molecule has 0 aliphatic heterocycles. The molecule has 0 atom stereocenters. The third-order valence-electron chi connectivity index (χ3n) is 5.86. The molecule has 3 aromatic carbocycles. The molecule has 0 aliphatic carbocycles. The molecule has 0 saturated heterocycles. The Kier molecular flexibility index (Phi) is 6.50. The molecule has 1 heterocycles. The summed E-state index contributed by atoms with van der Waals surface area (Å²) in [6.07, 6.45) is 0. The first-order chi connectivity index (χ1) is 15.9. The van der Waals surface area contributed by atoms with Crippen molar-refractivity contribution in [2.24, 2.45) is 0 Å². The molecule has 1 aromatic heterocycles. The van der Waals surface area contributed by atoms with E-state index in [4.69, 9.17) is 0 Å². The fourth-order valence-electron chi connectivity index (χ4n) is 4.55. The summed E-state index contributed by atoms with van der Waals surface area (Å²) in [6, 6.07) is 27.6. The van der Waals surface area contributed by atoms with Gasteiger partial charge in [-0.25, -0.2) is 4.39 Å². The van der Waals surface area contributed by atoms with E-state index in [0.29, 0.717) is 0 Å². The molecular formula is C30H31FN2. The summed E-state index contributed by atoms with van der Waals surface area (Å²) in [5.74, 6) is 0.0236. The maximum atomic E-state index is 13.8. The Morgan fingerprint density at radius 1 is 0.788 bits per heavy atom. The first-order valence-electron chi connectivity index (χ1n) is 11.5. The summed E-state index contributed by atoms with van der Waals surface area (Å²) >= 11 is 0. The first kappa shape index (κ1) is 22.6. The van der Waals surface area contributed by atoms with E-state index in [0.717, 1.165) is 39.3 Å². The number of hydrogen-bond donors (Lipinski definition) is 1. The number of aromatic nitrogens is 1. The Hall–Kier alpha value is -3.59. The second kappa shape index (κ2) is 9.50. The molecule has 0 unspecified atom stereocenters. The van der Waals surface area contributed by atoms with Crippen molar-refractivity contribution in [1.82, 2.24) is 4.57 Å². The quantitative estimate of drug-likeness (QED) is 0.305. The Morgan fingerprint density at radius 3 is 1.91 bits per heavy atom. The summed E-state index contributed by atoms with van der Waals surface area (Å²) in [5, 5.41) is 3.54. The van der Waals surface area contributed by atoms with Gasteiger partial charge in [-0.2, -0.15) is 0 Å². The zero-order valence-corrected chi connectivity index (χ0v) is 19.8.